The van der Waals surface area contributed by atoms with Gasteiger partial charge in [-0.1, -0.05) is 24.3 Å². The van der Waals surface area contributed by atoms with Crippen LogP contribution in [0.3, 0.4) is 0 Å². The van der Waals surface area contributed by atoms with E-state index in [2.05, 4.69) is 0 Å². The number of anilines is 1. The number of hydrogen-bond acceptors (Lipinski definition) is 3. The van der Waals surface area contributed by atoms with Crippen molar-refractivity contribution in [3.63, 3.8) is 0 Å². The zero-order chi connectivity index (χ0) is 13.1. The van der Waals surface area contributed by atoms with Crippen molar-refractivity contribution in [1.82, 2.24) is 0 Å². The third-order valence-electron chi connectivity index (χ3n) is 4.17. The number of carbonyl (C=O) groups excluding carboxylic acids is 2. The Morgan fingerprint density at radius 2 is 1.68 bits per heavy atom. The Labute approximate surface area is 110 Å². The van der Waals surface area contributed by atoms with Crippen LogP contribution in [0.1, 0.15) is 5.56 Å². The maximum Gasteiger partial charge on any atom is 0.240 e. The number of nitrogens with zero attached hydrogens (tertiary/aromatic N) is 1. The summed E-state index contributed by atoms with van der Waals surface area (Å²) in [4.78, 5) is 26.3. The molecule has 0 radical (unpaired) electrons. The van der Waals surface area contributed by atoms with Crippen molar-refractivity contribution in [3.05, 3.63) is 42.0 Å². The summed E-state index contributed by atoms with van der Waals surface area (Å²) in [5.41, 5.74) is 1.70. The first kappa shape index (κ1) is 10.9. The van der Waals surface area contributed by atoms with E-state index in [1.807, 2.05) is 37.3 Å². The number of carbonyl (C=O) groups is 2. The lowest BCUT2D eigenvalue weighted by atomic mass is 9.85. The van der Waals surface area contributed by atoms with E-state index in [0.29, 0.717) is 5.69 Å². The molecule has 0 aromatic heterocycles. The van der Waals surface area contributed by atoms with Crippen LogP contribution in [-0.4, -0.2) is 24.0 Å². The van der Waals surface area contributed by atoms with Crippen molar-refractivity contribution in [2.75, 3.05) is 4.90 Å². The van der Waals surface area contributed by atoms with E-state index in [4.69, 9.17) is 4.74 Å². The fourth-order valence-corrected chi connectivity index (χ4v) is 3.33. The Morgan fingerprint density at radius 1 is 1.05 bits per heavy atom. The first-order valence-corrected chi connectivity index (χ1v) is 6.45. The molecule has 3 aliphatic rings. The average Bonchev–Trinajstić information content (AvgIpc) is 3.04. The molecule has 4 heteroatoms. The van der Waals surface area contributed by atoms with Gasteiger partial charge in [0.05, 0.1) is 29.7 Å². The summed E-state index contributed by atoms with van der Waals surface area (Å²) in [6.45, 7) is 1.95. The van der Waals surface area contributed by atoms with E-state index in [1.165, 1.54) is 4.90 Å². The van der Waals surface area contributed by atoms with Crippen LogP contribution < -0.4 is 4.90 Å². The van der Waals surface area contributed by atoms with Crippen LogP contribution in [0.4, 0.5) is 5.69 Å². The van der Waals surface area contributed by atoms with E-state index in [1.54, 1.807) is 6.07 Å². The highest BCUT2D eigenvalue weighted by atomic mass is 16.5. The van der Waals surface area contributed by atoms with Gasteiger partial charge >= 0.3 is 0 Å². The molecule has 0 unspecified atom stereocenters. The van der Waals surface area contributed by atoms with Gasteiger partial charge in [0.1, 0.15) is 0 Å². The topological polar surface area (TPSA) is 46.6 Å². The predicted molar refractivity (Wildman–Crippen MR) is 68.5 cm³/mol. The second-order valence-electron chi connectivity index (χ2n) is 5.35. The number of rotatable bonds is 1. The molecule has 3 heterocycles. The molecule has 3 aliphatic heterocycles. The number of hydrogen-bond donors (Lipinski definition) is 0. The zero-order valence-electron chi connectivity index (χ0n) is 10.4. The molecule has 0 aliphatic carbocycles. The van der Waals surface area contributed by atoms with Crippen LogP contribution in [0, 0.1) is 18.8 Å². The molecule has 0 saturated carbocycles. The molecule has 2 amide bonds. The minimum absolute atomic E-state index is 0.127. The maximum atomic E-state index is 12.5. The highest BCUT2D eigenvalue weighted by molar-refractivity contribution is 6.23. The molecule has 4 atom stereocenters. The Hall–Kier alpha value is -1.94. The van der Waals surface area contributed by atoms with E-state index in [-0.39, 0.29) is 35.9 Å². The molecule has 2 bridgehead atoms. The summed E-state index contributed by atoms with van der Waals surface area (Å²) in [6.07, 6.45) is 3.36. The Kier molecular flexibility index (Phi) is 2.04. The second-order valence-corrected chi connectivity index (χ2v) is 5.35. The Balaban J connectivity index is 1.77. The monoisotopic (exact) mass is 255 g/mol. The van der Waals surface area contributed by atoms with Gasteiger partial charge in [-0.25, -0.2) is 4.90 Å². The molecule has 96 valence electrons. The van der Waals surface area contributed by atoms with Gasteiger partial charge in [0.15, 0.2) is 0 Å². The van der Waals surface area contributed by atoms with Crippen LogP contribution in [0.25, 0.3) is 0 Å². The fraction of sp³-hybridized carbons (Fsp3) is 0.333. The lowest BCUT2D eigenvalue weighted by Crippen LogP contribution is -2.34. The summed E-state index contributed by atoms with van der Waals surface area (Å²) in [6, 6.07) is 7.49. The molecular formula is C15H13NO3. The molecule has 0 N–H and O–H groups in total. The number of fused-ring (bicyclic) bond motifs is 5. The molecule has 4 nitrogen and oxygen atoms in total. The minimum atomic E-state index is -0.331. The van der Waals surface area contributed by atoms with Gasteiger partial charge in [-0.2, -0.15) is 0 Å². The van der Waals surface area contributed by atoms with E-state index >= 15 is 0 Å². The summed E-state index contributed by atoms with van der Waals surface area (Å²) >= 11 is 0. The summed E-state index contributed by atoms with van der Waals surface area (Å²) in [7, 11) is 0. The first-order chi connectivity index (χ1) is 9.16. The van der Waals surface area contributed by atoms with Crippen LogP contribution in [0.2, 0.25) is 0 Å². The van der Waals surface area contributed by atoms with Gasteiger partial charge in [-0.15, -0.1) is 0 Å². The van der Waals surface area contributed by atoms with Gasteiger partial charge in [-0.05, 0) is 24.6 Å². The highest BCUT2D eigenvalue weighted by Crippen LogP contribution is 2.46. The summed E-state index contributed by atoms with van der Waals surface area (Å²) in [5, 5.41) is 0. The van der Waals surface area contributed by atoms with Crippen molar-refractivity contribution < 1.29 is 14.3 Å². The predicted octanol–water partition coefficient (Wildman–Crippen LogP) is 1.44. The first-order valence-electron chi connectivity index (χ1n) is 6.45. The van der Waals surface area contributed by atoms with Crippen molar-refractivity contribution >= 4 is 17.5 Å². The normalized spacial score (nSPS) is 35.3. The second kappa shape index (κ2) is 3.54. The third-order valence-corrected chi connectivity index (χ3v) is 4.17. The van der Waals surface area contributed by atoms with Crippen molar-refractivity contribution in [2.24, 2.45) is 11.8 Å². The van der Waals surface area contributed by atoms with Gasteiger partial charge in [0, 0.05) is 0 Å². The third kappa shape index (κ3) is 1.32. The van der Waals surface area contributed by atoms with E-state index < -0.39 is 0 Å². The summed E-state index contributed by atoms with van der Waals surface area (Å²) in [5.74, 6) is -0.916. The molecule has 1 aromatic rings. The number of aryl methyl sites for hydroxylation is 1. The van der Waals surface area contributed by atoms with Crippen LogP contribution in [0.15, 0.2) is 36.4 Å². The molecule has 4 rings (SSSR count). The number of imide groups is 1. The zero-order valence-corrected chi connectivity index (χ0v) is 10.4. The van der Waals surface area contributed by atoms with Gasteiger partial charge in [0.2, 0.25) is 11.8 Å². The number of amides is 2. The number of benzene rings is 1. The molecule has 2 saturated heterocycles. The van der Waals surface area contributed by atoms with Crippen LogP contribution in [-0.2, 0) is 14.3 Å². The lowest BCUT2D eigenvalue weighted by molar-refractivity contribution is -0.124. The van der Waals surface area contributed by atoms with Crippen molar-refractivity contribution in [3.8, 4) is 0 Å². The van der Waals surface area contributed by atoms with Crippen LogP contribution >= 0.6 is 0 Å². The highest BCUT2D eigenvalue weighted by Gasteiger charge is 2.60. The summed E-state index contributed by atoms with van der Waals surface area (Å²) < 4.78 is 5.61. The molecule has 0 spiro atoms. The lowest BCUT2D eigenvalue weighted by Gasteiger charge is -2.17. The Morgan fingerprint density at radius 3 is 2.26 bits per heavy atom. The van der Waals surface area contributed by atoms with Crippen LogP contribution in [0.5, 0.6) is 0 Å². The van der Waals surface area contributed by atoms with Gasteiger partial charge in [-0.3, -0.25) is 9.59 Å². The van der Waals surface area contributed by atoms with Gasteiger partial charge < -0.3 is 4.74 Å². The van der Waals surface area contributed by atoms with Crippen molar-refractivity contribution in [1.29, 1.82) is 0 Å². The maximum absolute atomic E-state index is 12.5. The fourth-order valence-electron chi connectivity index (χ4n) is 3.33. The number of ether oxygens (including phenoxy) is 1. The molecule has 19 heavy (non-hydrogen) atoms. The quantitative estimate of drug-likeness (QED) is 0.563. The largest absolute Gasteiger partial charge is 0.365 e. The average molecular weight is 255 g/mol. The standard InChI is InChI=1S/C15H13NO3/c1-8-3-2-4-9(7-8)16-14(17)12-10-5-6-11(19-10)13(12)15(16)18/h2-7,10-13H,1H3/t10-,11-,12+,13+/m1/s1. The molecule has 2 fully saturated rings. The van der Waals surface area contributed by atoms with Crippen molar-refractivity contribution in [2.45, 2.75) is 19.1 Å². The van der Waals surface area contributed by atoms with E-state index in [9.17, 15) is 9.59 Å². The molecule has 1 aromatic carbocycles. The van der Waals surface area contributed by atoms with Gasteiger partial charge in [0.25, 0.3) is 0 Å². The Bertz CT molecular complexity index is 592. The molecular weight excluding hydrogens is 242 g/mol. The SMILES string of the molecule is Cc1cccc(N2C(=O)[C@@H]3[C@@H](C2=O)[C@H]2C=C[C@H]3O2)c1. The smallest absolute Gasteiger partial charge is 0.240 e. The van der Waals surface area contributed by atoms with E-state index in [0.717, 1.165) is 5.56 Å². The minimum Gasteiger partial charge on any atom is -0.365 e.